The first kappa shape index (κ1) is 37.7. The van der Waals surface area contributed by atoms with E-state index < -0.39 is 0 Å². The lowest BCUT2D eigenvalue weighted by Gasteiger charge is -2.17. The number of nitrogens with two attached hydrogens (primary N) is 1. The fourth-order valence-corrected chi connectivity index (χ4v) is 7.64. The van der Waals surface area contributed by atoms with Crippen molar-refractivity contribution in [2.75, 3.05) is 0 Å². The van der Waals surface area contributed by atoms with E-state index in [1.165, 1.54) is 16.7 Å². The van der Waals surface area contributed by atoms with E-state index in [0.29, 0.717) is 17.8 Å². The van der Waals surface area contributed by atoms with Gasteiger partial charge in [-0.2, -0.15) is 5.26 Å². The van der Waals surface area contributed by atoms with Gasteiger partial charge >= 0.3 is 0 Å². The number of hydrogen-bond acceptors (Lipinski definition) is 4. The molecule has 4 heteroatoms. The molecule has 282 valence electrons. The highest BCUT2D eigenvalue weighted by Gasteiger charge is 2.16. The summed E-state index contributed by atoms with van der Waals surface area (Å²) in [5.41, 5.74) is 20.4. The molecular formula is C54H45N3O. The Balaban J connectivity index is 0.974. The average molecular weight is 752 g/mol. The quantitative estimate of drug-likeness (QED) is 0.142. The zero-order valence-corrected chi connectivity index (χ0v) is 32.8. The number of fused-ring (bicyclic) bond motifs is 3. The maximum Gasteiger partial charge on any atom is 0.143 e. The van der Waals surface area contributed by atoms with E-state index in [4.69, 9.17) is 15.1 Å². The van der Waals surface area contributed by atoms with Crippen LogP contribution < -0.4 is 5.73 Å². The number of para-hydroxylation sites is 2. The molecular weight excluding hydrogens is 707 g/mol. The number of nitrogens with zero attached hydrogens (tertiary/aromatic N) is 2. The molecule has 0 bridgehead atoms. The maximum absolute atomic E-state index is 9.99. The van der Waals surface area contributed by atoms with Gasteiger partial charge in [0, 0.05) is 28.0 Å². The van der Waals surface area contributed by atoms with E-state index in [1.807, 2.05) is 84.9 Å². The third kappa shape index (κ3) is 8.60. The monoisotopic (exact) mass is 751 g/mol. The highest BCUT2D eigenvalue weighted by atomic mass is 16.3. The molecule has 0 saturated carbocycles. The van der Waals surface area contributed by atoms with Gasteiger partial charge in [0.15, 0.2) is 0 Å². The number of aliphatic imine (C=N–C) groups is 1. The first-order chi connectivity index (χ1) is 28.4. The lowest BCUT2D eigenvalue weighted by atomic mass is 9.88. The van der Waals surface area contributed by atoms with Crippen LogP contribution in [0.15, 0.2) is 220 Å². The van der Waals surface area contributed by atoms with Gasteiger partial charge in [0.25, 0.3) is 0 Å². The molecule has 4 nitrogen and oxygen atoms in total. The molecule has 0 aliphatic heterocycles. The molecule has 58 heavy (non-hydrogen) atoms. The molecule has 0 saturated heterocycles. The van der Waals surface area contributed by atoms with Crippen LogP contribution in [-0.2, 0) is 13.0 Å². The standard InChI is InChI=1S/C54H45N3O/c1-37(43-17-11-18-46(28-27-43)52(57-36-39-13-5-3-6-14-39)34-51(56)45-15-7-4-8-16-45)23-25-44-26-24-40(29-38(44)2)30-41-31-42(35-55)33-47(32-41)48-20-12-21-50-49-19-9-10-22-53(49)58-54(48)50/h3-29,31-34,38,43H,30,36,56H2,1-2H3/b37-23+,44-25-,51-34-,57-52+. The number of rotatable bonds is 10. The Morgan fingerprint density at radius 1 is 0.828 bits per heavy atom. The topological polar surface area (TPSA) is 75.3 Å². The predicted octanol–water partition coefficient (Wildman–Crippen LogP) is 13.0. The highest BCUT2D eigenvalue weighted by Crippen LogP contribution is 2.37. The number of allylic oxidation sites excluding steroid dienone is 15. The van der Waals surface area contributed by atoms with Crippen LogP contribution in [0.2, 0.25) is 0 Å². The van der Waals surface area contributed by atoms with Gasteiger partial charge in [0.1, 0.15) is 11.2 Å². The lowest BCUT2D eigenvalue weighted by Crippen LogP contribution is -2.05. The summed E-state index contributed by atoms with van der Waals surface area (Å²) in [5.74, 6) is 0.378. The van der Waals surface area contributed by atoms with Crippen LogP contribution in [0.25, 0.3) is 38.8 Å². The summed E-state index contributed by atoms with van der Waals surface area (Å²) in [6, 6.07) is 43.2. The fraction of sp³-hybridized carbons (Fsp3) is 0.111. The summed E-state index contributed by atoms with van der Waals surface area (Å²) in [6.45, 7) is 4.99. The van der Waals surface area contributed by atoms with E-state index in [1.54, 1.807) is 0 Å². The zero-order chi connectivity index (χ0) is 39.8. The predicted molar refractivity (Wildman–Crippen MR) is 242 cm³/mol. The smallest absolute Gasteiger partial charge is 0.143 e. The van der Waals surface area contributed by atoms with Crippen molar-refractivity contribution in [2.45, 2.75) is 26.8 Å². The molecule has 6 aromatic rings. The Kier molecular flexibility index (Phi) is 11.2. The van der Waals surface area contributed by atoms with E-state index >= 15 is 0 Å². The summed E-state index contributed by atoms with van der Waals surface area (Å²) >= 11 is 0. The first-order valence-electron chi connectivity index (χ1n) is 19.8. The van der Waals surface area contributed by atoms with Crippen molar-refractivity contribution in [3.05, 3.63) is 233 Å². The van der Waals surface area contributed by atoms with Gasteiger partial charge in [-0.1, -0.05) is 176 Å². The molecule has 0 amide bonds. The van der Waals surface area contributed by atoms with Crippen molar-refractivity contribution >= 4 is 33.3 Å². The molecule has 0 radical (unpaired) electrons. The molecule has 0 spiro atoms. The Bertz CT molecular complexity index is 2810. The molecule has 1 aromatic heterocycles. The van der Waals surface area contributed by atoms with Crippen LogP contribution in [0.1, 0.15) is 36.1 Å². The van der Waals surface area contributed by atoms with Gasteiger partial charge in [0.05, 0.1) is 23.9 Å². The molecule has 2 aliphatic carbocycles. The number of benzene rings is 5. The number of furan rings is 1. The van der Waals surface area contributed by atoms with Gasteiger partial charge in [-0.05, 0) is 82.5 Å². The summed E-state index contributed by atoms with van der Waals surface area (Å²) in [6.07, 6.45) is 24.8. The van der Waals surface area contributed by atoms with Crippen molar-refractivity contribution in [3.8, 4) is 17.2 Å². The summed E-state index contributed by atoms with van der Waals surface area (Å²) in [4.78, 5) is 5.03. The Morgan fingerprint density at radius 3 is 2.41 bits per heavy atom. The Hall–Kier alpha value is -7.22. The minimum Gasteiger partial charge on any atom is -0.455 e. The van der Waals surface area contributed by atoms with E-state index in [2.05, 4.69) is 123 Å². The molecule has 2 aliphatic rings. The largest absolute Gasteiger partial charge is 0.455 e. The second kappa shape index (κ2) is 17.3. The summed E-state index contributed by atoms with van der Waals surface area (Å²) in [5, 5.41) is 12.2. The molecule has 2 unspecified atom stereocenters. The molecule has 1 heterocycles. The summed E-state index contributed by atoms with van der Waals surface area (Å²) < 4.78 is 6.34. The van der Waals surface area contributed by atoms with E-state index in [0.717, 1.165) is 67.5 Å². The van der Waals surface area contributed by atoms with Crippen molar-refractivity contribution < 1.29 is 4.42 Å². The van der Waals surface area contributed by atoms with Crippen LogP contribution >= 0.6 is 0 Å². The number of hydrogen-bond donors (Lipinski definition) is 1. The lowest BCUT2D eigenvalue weighted by molar-refractivity contribution is 0.670. The first-order valence-corrected chi connectivity index (χ1v) is 19.8. The van der Waals surface area contributed by atoms with Gasteiger partial charge in [0.2, 0.25) is 0 Å². The van der Waals surface area contributed by atoms with E-state index in [9.17, 15) is 5.26 Å². The van der Waals surface area contributed by atoms with Crippen molar-refractivity contribution in [3.63, 3.8) is 0 Å². The minimum atomic E-state index is 0.137. The third-order valence-electron chi connectivity index (χ3n) is 10.8. The fourth-order valence-electron chi connectivity index (χ4n) is 7.64. The van der Waals surface area contributed by atoms with Crippen molar-refractivity contribution in [1.82, 2.24) is 0 Å². The Labute approximate surface area is 341 Å². The summed E-state index contributed by atoms with van der Waals surface area (Å²) in [7, 11) is 0. The minimum absolute atomic E-state index is 0.137. The molecule has 2 N–H and O–H groups in total. The second-order valence-corrected chi connectivity index (χ2v) is 15.0. The molecule has 5 aromatic carbocycles. The highest BCUT2D eigenvalue weighted by molar-refractivity contribution is 6.13. The maximum atomic E-state index is 9.99. The van der Waals surface area contributed by atoms with Gasteiger partial charge < -0.3 is 10.2 Å². The normalized spacial score (nSPS) is 18.0. The molecule has 0 fully saturated rings. The third-order valence-corrected chi connectivity index (χ3v) is 10.8. The van der Waals surface area contributed by atoms with Crippen LogP contribution in [0, 0.1) is 23.2 Å². The van der Waals surface area contributed by atoms with Gasteiger partial charge in [-0.15, -0.1) is 0 Å². The van der Waals surface area contributed by atoms with Crippen molar-refractivity contribution in [2.24, 2.45) is 22.6 Å². The van der Waals surface area contributed by atoms with Crippen LogP contribution in [-0.4, -0.2) is 5.71 Å². The van der Waals surface area contributed by atoms with Gasteiger partial charge in [-0.3, -0.25) is 4.99 Å². The molecule has 8 rings (SSSR count). The van der Waals surface area contributed by atoms with Gasteiger partial charge in [-0.25, -0.2) is 0 Å². The van der Waals surface area contributed by atoms with Crippen LogP contribution in [0.3, 0.4) is 0 Å². The zero-order valence-electron chi connectivity index (χ0n) is 32.8. The van der Waals surface area contributed by atoms with Crippen molar-refractivity contribution in [1.29, 1.82) is 5.26 Å². The Morgan fingerprint density at radius 2 is 1.60 bits per heavy atom. The SMILES string of the molecule is C/C(=C\C=C1\C=CC(Cc2cc(C#N)cc(-c3cccc4c3oc3ccccc34)c2)=CC1C)C1C=CC=C(C(/C=C(\N)c2ccccc2)=N/Cc2ccccc2)C=C1. The average Bonchev–Trinajstić information content (AvgIpc) is 3.46. The second-order valence-electron chi connectivity index (χ2n) is 15.0. The van der Waals surface area contributed by atoms with Crippen LogP contribution in [0.5, 0.6) is 0 Å². The van der Waals surface area contributed by atoms with Crippen LogP contribution in [0.4, 0.5) is 0 Å². The number of nitriles is 1. The van der Waals surface area contributed by atoms with E-state index in [-0.39, 0.29) is 11.8 Å². The molecule has 2 atom stereocenters.